The fourth-order valence-corrected chi connectivity index (χ4v) is 2.81. The van der Waals surface area contributed by atoms with Crippen molar-refractivity contribution in [2.45, 2.75) is 26.3 Å². The molecule has 0 radical (unpaired) electrons. The fourth-order valence-electron chi connectivity index (χ4n) is 2.81. The van der Waals surface area contributed by atoms with E-state index in [1.807, 2.05) is 22.7 Å². The van der Waals surface area contributed by atoms with Crippen molar-refractivity contribution in [1.82, 2.24) is 19.7 Å². The SMILES string of the molecule is CC(=O)Nc1ccn([C@@H]2CCN(C(=O)c3cccnc3C)C2)n1. The van der Waals surface area contributed by atoms with Crippen molar-refractivity contribution in [3.8, 4) is 0 Å². The first-order valence-corrected chi connectivity index (χ1v) is 7.58. The van der Waals surface area contributed by atoms with Crippen molar-refractivity contribution in [1.29, 1.82) is 0 Å². The van der Waals surface area contributed by atoms with Crippen LogP contribution in [0, 0.1) is 6.92 Å². The molecule has 0 unspecified atom stereocenters. The summed E-state index contributed by atoms with van der Waals surface area (Å²) in [5, 5.41) is 7.01. The van der Waals surface area contributed by atoms with Gasteiger partial charge in [-0.15, -0.1) is 0 Å². The Bertz CT molecular complexity index is 740. The maximum absolute atomic E-state index is 12.6. The van der Waals surface area contributed by atoms with Crippen LogP contribution in [0.15, 0.2) is 30.6 Å². The first kappa shape index (κ1) is 15.2. The lowest BCUT2D eigenvalue weighted by Gasteiger charge is -2.17. The van der Waals surface area contributed by atoms with E-state index in [1.54, 1.807) is 24.4 Å². The van der Waals surface area contributed by atoms with Gasteiger partial charge in [0, 0.05) is 44.2 Å². The largest absolute Gasteiger partial charge is 0.336 e. The summed E-state index contributed by atoms with van der Waals surface area (Å²) < 4.78 is 1.81. The van der Waals surface area contributed by atoms with Gasteiger partial charge in [-0.3, -0.25) is 19.3 Å². The summed E-state index contributed by atoms with van der Waals surface area (Å²) in [4.78, 5) is 29.7. The van der Waals surface area contributed by atoms with Crippen LogP contribution in [0.25, 0.3) is 0 Å². The van der Waals surface area contributed by atoms with Crippen LogP contribution in [0.3, 0.4) is 0 Å². The maximum atomic E-state index is 12.6. The molecule has 7 nitrogen and oxygen atoms in total. The van der Waals surface area contributed by atoms with E-state index < -0.39 is 0 Å². The van der Waals surface area contributed by atoms with E-state index >= 15 is 0 Å². The minimum absolute atomic E-state index is 0.00680. The quantitative estimate of drug-likeness (QED) is 0.934. The lowest BCUT2D eigenvalue weighted by molar-refractivity contribution is -0.114. The Kier molecular flexibility index (Phi) is 4.10. The molecule has 120 valence electrons. The number of carbonyl (C=O) groups excluding carboxylic acids is 2. The summed E-state index contributed by atoms with van der Waals surface area (Å²) in [5.41, 5.74) is 1.39. The van der Waals surface area contributed by atoms with Crippen molar-refractivity contribution in [3.63, 3.8) is 0 Å². The Morgan fingerprint density at radius 2 is 2.17 bits per heavy atom. The van der Waals surface area contributed by atoms with Crippen molar-refractivity contribution in [2.24, 2.45) is 0 Å². The van der Waals surface area contributed by atoms with E-state index in [-0.39, 0.29) is 17.9 Å². The molecule has 3 heterocycles. The first-order chi connectivity index (χ1) is 11.0. The van der Waals surface area contributed by atoms with Crippen molar-refractivity contribution in [2.75, 3.05) is 18.4 Å². The van der Waals surface area contributed by atoms with Crippen LogP contribution in [0.2, 0.25) is 0 Å². The Morgan fingerprint density at radius 1 is 1.35 bits per heavy atom. The van der Waals surface area contributed by atoms with E-state index in [4.69, 9.17) is 0 Å². The molecule has 2 amide bonds. The van der Waals surface area contributed by atoms with Gasteiger partial charge in [0.15, 0.2) is 5.82 Å². The molecule has 0 saturated carbocycles. The lowest BCUT2D eigenvalue weighted by Crippen LogP contribution is -2.30. The number of rotatable bonds is 3. The highest BCUT2D eigenvalue weighted by atomic mass is 16.2. The highest BCUT2D eigenvalue weighted by molar-refractivity contribution is 5.95. The molecule has 1 fully saturated rings. The number of nitrogens with zero attached hydrogens (tertiary/aromatic N) is 4. The zero-order valence-electron chi connectivity index (χ0n) is 13.2. The minimum Gasteiger partial charge on any atom is -0.336 e. The molecule has 0 spiro atoms. The lowest BCUT2D eigenvalue weighted by atomic mass is 10.2. The van der Waals surface area contributed by atoms with E-state index in [2.05, 4.69) is 15.4 Å². The zero-order chi connectivity index (χ0) is 16.4. The summed E-state index contributed by atoms with van der Waals surface area (Å²) in [6, 6.07) is 5.47. The Labute approximate surface area is 134 Å². The number of hydrogen-bond donors (Lipinski definition) is 1. The number of pyridine rings is 1. The van der Waals surface area contributed by atoms with E-state index in [9.17, 15) is 9.59 Å². The number of carbonyl (C=O) groups is 2. The zero-order valence-corrected chi connectivity index (χ0v) is 13.2. The van der Waals surface area contributed by atoms with Gasteiger partial charge in [0.1, 0.15) is 0 Å². The molecule has 2 aromatic rings. The molecule has 1 atom stereocenters. The monoisotopic (exact) mass is 313 g/mol. The average Bonchev–Trinajstić information content (AvgIpc) is 3.15. The standard InChI is InChI=1S/C16H19N5O2/c1-11-14(4-3-7-17-11)16(23)20-8-5-13(10-20)21-9-6-15(19-21)18-12(2)22/h3-4,6-7,9,13H,5,8,10H2,1-2H3,(H,18,19,22)/t13-/m1/s1. The molecule has 1 aliphatic rings. The second kappa shape index (κ2) is 6.20. The number of likely N-dealkylation sites (tertiary alicyclic amines) is 1. The van der Waals surface area contributed by atoms with E-state index in [1.165, 1.54) is 6.92 Å². The van der Waals surface area contributed by atoms with Gasteiger partial charge < -0.3 is 10.2 Å². The summed E-state index contributed by atoms with van der Waals surface area (Å²) in [7, 11) is 0. The van der Waals surface area contributed by atoms with Crippen LogP contribution in [0.4, 0.5) is 5.82 Å². The van der Waals surface area contributed by atoms with Gasteiger partial charge in [0.05, 0.1) is 11.6 Å². The number of aromatic nitrogens is 3. The van der Waals surface area contributed by atoms with Crippen molar-refractivity contribution in [3.05, 3.63) is 41.9 Å². The number of hydrogen-bond acceptors (Lipinski definition) is 4. The maximum Gasteiger partial charge on any atom is 0.255 e. The van der Waals surface area contributed by atoms with Gasteiger partial charge in [-0.25, -0.2) is 0 Å². The van der Waals surface area contributed by atoms with Crippen LogP contribution >= 0.6 is 0 Å². The molecule has 0 aliphatic carbocycles. The number of nitrogens with one attached hydrogen (secondary N) is 1. The second-order valence-corrected chi connectivity index (χ2v) is 5.69. The van der Waals surface area contributed by atoms with Gasteiger partial charge in [-0.2, -0.15) is 5.10 Å². The summed E-state index contributed by atoms with van der Waals surface area (Å²) >= 11 is 0. The van der Waals surface area contributed by atoms with Crippen LogP contribution in [0.5, 0.6) is 0 Å². The van der Waals surface area contributed by atoms with Crippen LogP contribution in [-0.4, -0.2) is 44.6 Å². The normalized spacial score (nSPS) is 17.3. The van der Waals surface area contributed by atoms with Gasteiger partial charge in [-0.05, 0) is 25.5 Å². The molecule has 7 heteroatoms. The molecule has 3 rings (SSSR count). The smallest absolute Gasteiger partial charge is 0.255 e. The number of amides is 2. The molecule has 0 aromatic carbocycles. The van der Waals surface area contributed by atoms with Crippen LogP contribution in [-0.2, 0) is 4.79 Å². The summed E-state index contributed by atoms with van der Waals surface area (Å²) in [5.74, 6) is 0.392. The average molecular weight is 313 g/mol. The fraction of sp³-hybridized carbons (Fsp3) is 0.375. The molecular formula is C16H19N5O2. The summed E-state index contributed by atoms with van der Waals surface area (Å²) in [6.45, 7) is 4.58. The highest BCUT2D eigenvalue weighted by Crippen LogP contribution is 2.24. The third-order valence-corrected chi connectivity index (χ3v) is 3.97. The minimum atomic E-state index is -0.148. The molecule has 1 N–H and O–H groups in total. The predicted molar refractivity (Wildman–Crippen MR) is 85.1 cm³/mol. The molecule has 1 aliphatic heterocycles. The molecular weight excluding hydrogens is 294 g/mol. The van der Waals surface area contributed by atoms with Gasteiger partial charge >= 0.3 is 0 Å². The number of anilines is 1. The number of aryl methyl sites for hydroxylation is 1. The third-order valence-electron chi connectivity index (χ3n) is 3.97. The molecule has 0 bridgehead atoms. The predicted octanol–water partition coefficient (Wildman–Crippen LogP) is 1.63. The first-order valence-electron chi connectivity index (χ1n) is 7.58. The van der Waals surface area contributed by atoms with E-state index in [0.717, 1.165) is 12.1 Å². The Morgan fingerprint density at radius 3 is 2.91 bits per heavy atom. The van der Waals surface area contributed by atoms with Crippen LogP contribution in [0.1, 0.15) is 35.4 Å². The van der Waals surface area contributed by atoms with Crippen molar-refractivity contribution >= 4 is 17.6 Å². The van der Waals surface area contributed by atoms with Gasteiger partial charge in [-0.1, -0.05) is 0 Å². The summed E-state index contributed by atoms with van der Waals surface area (Å²) in [6.07, 6.45) is 4.36. The molecule has 23 heavy (non-hydrogen) atoms. The Balaban J connectivity index is 1.69. The highest BCUT2D eigenvalue weighted by Gasteiger charge is 2.29. The van der Waals surface area contributed by atoms with Crippen molar-refractivity contribution < 1.29 is 9.59 Å². The topological polar surface area (TPSA) is 80.1 Å². The Hall–Kier alpha value is -2.70. The van der Waals surface area contributed by atoms with E-state index in [0.29, 0.717) is 24.5 Å². The van der Waals surface area contributed by atoms with Gasteiger partial charge in [0.2, 0.25) is 5.91 Å². The van der Waals surface area contributed by atoms with Crippen LogP contribution < -0.4 is 5.32 Å². The molecule has 1 saturated heterocycles. The molecule has 2 aromatic heterocycles. The van der Waals surface area contributed by atoms with Gasteiger partial charge in [0.25, 0.3) is 5.91 Å². The third kappa shape index (κ3) is 3.23. The second-order valence-electron chi connectivity index (χ2n) is 5.69.